The van der Waals surface area contributed by atoms with Gasteiger partial charge in [-0.05, 0) is 0 Å². The molecule has 0 heterocycles. The maximum absolute atomic E-state index is 10.4. The number of thiol groups is 1. The maximum Gasteiger partial charge on any atom is 0.345 e. The minimum absolute atomic E-state index is 0.123. The first-order valence-corrected chi connectivity index (χ1v) is 2.69. The number of carboxylic acid groups (broad SMARTS) is 1. The smallest absolute Gasteiger partial charge is 0.345 e. The van der Waals surface area contributed by atoms with Crippen LogP contribution >= 0.6 is 12.9 Å². The highest BCUT2D eigenvalue weighted by Gasteiger charge is 2.10. The summed E-state index contributed by atoms with van der Waals surface area (Å²) in [6.07, 6.45) is -0.417. The van der Waals surface area contributed by atoms with Crippen LogP contribution in [0, 0.1) is 0 Å². The monoisotopic (exact) mass is 162 g/mol. The molecule has 0 aliphatic heterocycles. The standard InChI is InChI=1S/C5H6O4S/c1-3(2-4(6)7)5(8)9-10/h10H,1-2H2,(H,6,7). The Labute approximate surface area is 63.1 Å². The third-order valence-corrected chi connectivity index (χ3v) is 0.902. The summed E-state index contributed by atoms with van der Waals surface area (Å²) in [6, 6.07) is 0. The average molecular weight is 162 g/mol. The average Bonchev–Trinajstić information content (AvgIpc) is 1.85. The first-order chi connectivity index (χ1) is 4.57. The van der Waals surface area contributed by atoms with E-state index in [1.807, 2.05) is 0 Å². The minimum Gasteiger partial charge on any atom is -0.481 e. The molecule has 0 bridgehead atoms. The van der Waals surface area contributed by atoms with Crippen molar-refractivity contribution in [1.29, 1.82) is 0 Å². The van der Waals surface area contributed by atoms with E-state index in [2.05, 4.69) is 23.7 Å². The van der Waals surface area contributed by atoms with Crippen LogP contribution in [-0.2, 0) is 13.8 Å². The van der Waals surface area contributed by atoms with Crippen molar-refractivity contribution in [1.82, 2.24) is 0 Å². The van der Waals surface area contributed by atoms with Crippen molar-refractivity contribution in [3.05, 3.63) is 12.2 Å². The fourth-order valence-corrected chi connectivity index (χ4v) is 0.448. The first-order valence-electron chi connectivity index (χ1n) is 2.33. The number of rotatable bonds is 3. The van der Waals surface area contributed by atoms with Gasteiger partial charge in [0.25, 0.3) is 0 Å². The van der Waals surface area contributed by atoms with Crippen LogP contribution < -0.4 is 0 Å². The van der Waals surface area contributed by atoms with Gasteiger partial charge in [0, 0.05) is 18.5 Å². The third-order valence-electron chi connectivity index (χ3n) is 0.736. The molecule has 0 atom stereocenters. The third kappa shape index (κ3) is 3.13. The van der Waals surface area contributed by atoms with Crippen molar-refractivity contribution in [3.63, 3.8) is 0 Å². The van der Waals surface area contributed by atoms with Crippen molar-refractivity contribution < 1.29 is 18.9 Å². The fourth-order valence-electron chi connectivity index (χ4n) is 0.319. The molecule has 0 rings (SSSR count). The van der Waals surface area contributed by atoms with E-state index < -0.39 is 18.4 Å². The molecule has 0 aliphatic rings. The van der Waals surface area contributed by atoms with Crippen LogP contribution in [0.25, 0.3) is 0 Å². The van der Waals surface area contributed by atoms with Gasteiger partial charge in [-0.15, -0.1) is 0 Å². The normalized spacial score (nSPS) is 8.50. The van der Waals surface area contributed by atoms with E-state index in [-0.39, 0.29) is 5.57 Å². The van der Waals surface area contributed by atoms with Gasteiger partial charge >= 0.3 is 11.9 Å². The van der Waals surface area contributed by atoms with Gasteiger partial charge in [-0.1, -0.05) is 6.58 Å². The molecular weight excluding hydrogens is 156 g/mol. The van der Waals surface area contributed by atoms with Crippen LogP contribution in [0.4, 0.5) is 0 Å². The summed E-state index contributed by atoms with van der Waals surface area (Å²) >= 11 is 3.17. The Morgan fingerprint density at radius 1 is 1.60 bits per heavy atom. The summed E-state index contributed by atoms with van der Waals surface area (Å²) in [7, 11) is 0. The molecule has 0 radical (unpaired) electrons. The molecule has 56 valence electrons. The van der Waals surface area contributed by atoms with Crippen molar-refractivity contribution >= 4 is 24.8 Å². The molecule has 0 saturated heterocycles. The summed E-state index contributed by atoms with van der Waals surface area (Å²) in [6.45, 7) is 3.16. The summed E-state index contributed by atoms with van der Waals surface area (Å²) in [5, 5.41) is 8.13. The number of carboxylic acids is 1. The van der Waals surface area contributed by atoms with Crippen LogP contribution in [0.15, 0.2) is 12.2 Å². The lowest BCUT2D eigenvalue weighted by Gasteiger charge is -1.95. The van der Waals surface area contributed by atoms with Gasteiger partial charge in [0.2, 0.25) is 0 Å². The fraction of sp³-hybridized carbons (Fsp3) is 0.200. The highest BCUT2D eigenvalue weighted by molar-refractivity contribution is 7.75. The number of aliphatic carboxylic acids is 1. The Morgan fingerprint density at radius 3 is 2.40 bits per heavy atom. The van der Waals surface area contributed by atoms with Crippen LogP contribution in [0.3, 0.4) is 0 Å². The molecule has 0 spiro atoms. The summed E-state index contributed by atoms with van der Waals surface area (Å²) in [4.78, 5) is 20.3. The molecule has 0 unspecified atom stereocenters. The predicted octanol–water partition coefficient (Wildman–Crippen LogP) is 0.405. The molecule has 5 heteroatoms. The Bertz CT molecular complexity index is 174. The van der Waals surface area contributed by atoms with Crippen LogP contribution in [-0.4, -0.2) is 17.0 Å². The SMILES string of the molecule is C=C(CC(=O)O)C(=O)OS. The Kier molecular flexibility index (Phi) is 3.56. The van der Waals surface area contributed by atoms with Gasteiger partial charge in [-0.25, -0.2) is 4.79 Å². The highest BCUT2D eigenvalue weighted by atomic mass is 32.1. The van der Waals surface area contributed by atoms with E-state index in [1.54, 1.807) is 0 Å². The lowest BCUT2D eigenvalue weighted by Crippen LogP contribution is -2.06. The van der Waals surface area contributed by atoms with E-state index in [0.29, 0.717) is 0 Å². The summed E-state index contributed by atoms with van der Waals surface area (Å²) < 4.78 is 3.91. The molecule has 0 saturated carbocycles. The van der Waals surface area contributed by atoms with Crippen LogP contribution in [0.5, 0.6) is 0 Å². The first kappa shape index (κ1) is 9.03. The van der Waals surface area contributed by atoms with Crippen molar-refractivity contribution in [2.24, 2.45) is 0 Å². The minimum atomic E-state index is -1.12. The Hall–Kier alpha value is -0.970. The van der Waals surface area contributed by atoms with Gasteiger partial charge in [-0.3, -0.25) is 4.79 Å². The van der Waals surface area contributed by atoms with E-state index >= 15 is 0 Å². The Morgan fingerprint density at radius 2 is 2.10 bits per heavy atom. The van der Waals surface area contributed by atoms with Gasteiger partial charge in [0.15, 0.2) is 0 Å². The lowest BCUT2D eigenvalue weighted by atomic mass is 10.2. The zero-order valence-corrected chi connectivity index (χ0v) is 5.93. The molecular formula is C5H6O4S. The zero-order valence-electron chi connectivity index (χ0n) is 5.03. The quantitative estimate of drug-likeness (QED) is 0.358. The number of carbonyl (C=O) groups excluding carboxylic acids is 1. The lowest BCUT2D eigenvalue weighted by molar-refractivity contribution is -0.138. The van der Waals surface area contributed by atoms with Gasteiger partial charge < -0.3 is 9.29 Å². The van der Waals surface area contributed by atoms with E-state index in [0.717, 1.165) is 0 Å². The van der Waals surface area contributed by atoms with Gasteiger partial charge in [-0.2, -0.15) is 0 Å². The van der Waals surface area contributed by atoms with Gasteiger partial charge in [0.05, 0.1) is 6.42 Å². The molecule has 0 amide bonds. The molecule has 10 heavy (non-hydrogen) atoms. The largest absolute Gasteiger partial charge is 0.481 e. The van der Waals surface area contributed by atoms with E-state index in [9.17, 15) is 9.59 Å². The second-order valence-corrected chi connectivity index (χ2v) is 1.74. The summed E-state index contributed by atoms with van der Waals surface area (Å²) in [5.74, 6) is -1.94. The van der Waals surface area contributed by atoms with Crippen molar-refractivity contribution in [2.45, 2.75) is 6.42 Å². The highest BCUT2D eigenvalue weighted by Crippen LogP contribution is 2.01. The van der Waals surface area contributed by atoms with Crippen molar-refractivity contribution in [3.8, 4) is 0 Å². The molecule has 0 aromatic heterocycles. The predicted molar refractivity (Wildman–Crippen MR) is 36.5 cm³/mol. The van der Waals surface area contributed by atoms with Crippen LogP contribution in [0.2, 0.25) is 0 Å². The molecule has 0 aliphatic carbocycles. The number of hydrogen-bond donors (Lipinski definition) is 2. The molecule has 1 N–H and O–H groups in total. The Balaban J connectivity index is 3.86. The second-order valence-electron chi connectivity index (χ2n) is 1.55. The van der Waals surface area contributed by atoms with Crippen molar-refractivity contribution in [2.75, 3.05) is 0 Å². The summed E-state index contributed by atoms with van der Waals surface area (Å²) in [5.41, 5.74) is -0.123. The second kappa shape index (κ2) is 3.94. The number of hydrogen-bond acceptors (Lipinski definition) is 4. The van der Waals surface area contributed by atoms with Crippen LogP contribution in [0.1, 0.15) is 6.42 Å². The molecule has 0 aromatic rings. The van der Waals surface area contributed by atoms with E-state index in [4.69, 9.17) is 5.11 Å². The molecule has 0 fully saturated rings. The number of carbonyl (C=O) groups is 2. The van der Waals surface area contributed by atoms with E-state index in [1.165, 1.54) is 0 Å². The molecule has 4 nitrogen and oxygen atoms in total. The van der Waals surface area contributed by atoms with Gasteiger partial charge in [0.1, 0.15) is 0 Å². The topological polar surface area (TPSA) is 63.6 Å². The zero-order chi connectivity index (χ0) is 8.15. The maximum atomic E-state index is 10.4. The molecule has 0 aromatic carbocycles.